The maximum Gasteiger partial charge on any atom is 0.472 e. The third-order valence-corrected chi connectivity index (χ3v) is 11.4. The number of rotatable bonds is 18. The number of nitrogens with zero attached hydrogens (tertiary/aromatic N) is 7. The van der Waals surface area contributed by atoms with Gasteiger partial charge in [0.2, 0.25) is 5.91 Å². The van der Waals surface area contributed by atoms with Gasteiger partial charge in [-0.05, 0) is 30.2 Å². The van der Waals surface area contributed by atoms with Gasteiger partial charge in [-0.15, -0.1) is 6.58 Å². The van der Waals surface area contributed by atoms with E-state index in [0.717, 1.165) is 10.9 Å². The molecule has 61 heavy (non-hydrogen) atoms. The zero-order chi connectivity index (χ0) is 44.2. The molecule has 2 fully saturated rings. The number of halogens is 1. The maximum atomic E-state index is 14.2. The summed E-state index contributed by atoms with van der Waals surface area (Å²) < 4.78 is 60.4. The molecule has 2 saturated heterocycles. The number of aromatic nitrogens is 6. The molecule has 0 bridgehead atoms. The maximum absolute atomic E-state index is 14.2. The fourth-order valence-electron chi connectivity index (χ4n) is 6.66. The lowest BCUT2D eigenvalue weighted by molar-refractivity contribution is -0.165. The van der Waals surface area contributed by atoms with Crippen molar-refractivity contribution in [3.63, 3.8) is 0 Å². The van der Waals surface area contributed by atoms with Gasteiger partial charge in [-0.25, -0.2) is 33.7 Å². The minimum Gasteiger partial charge on any atom is -0.455 e. The Labute approximate surface area is 350 Å². The number of hydrogen-bond acceptors (Lipinski definition) is 18. The predicted molar refractivity (Wildman–Crippen MR) is 211 cm³/mol. The molecule has 4 aromatic rings. The number of nitrogen functional groups attached to an aromatic ring is 2. The molecule has 2 aliphatic rings. The number of carbonyl (C=O) groups excluding carboxylic acids is 2. The van der Waals surface area contributed by atoms with Crippen LogP contribution in [0.15, 0.2) is 66.6 Å². The molecule has 9 atom stereocenters. The first kappa shape index (κ1) is 45.8. The van der Waals surface area contributed by atoms with Crippen LogP contribution >= 0.6 is 27.2 Å². The van der Waals surface area contributed by atoms with Crippen LogP contribution < -0.4 is 17.2 Å². The van der Waals surface area contributed by atoms with E-state index in [2.05, 4.69) is 31.0 Å². The van der Waals surface area contributed by atoms with Crippen molar-refractivity contribution in [1.82, 2.24) is 34.0 Å². The van der Waals surface area contributed by atoms with Crippen LogP contribution in [0.4, 0.5) is 11.6 Å². The molecule has 3 aromatic heterocycles. The summed E-state index contributed by atoms with van der Waals surface area (Å²) in [6, 6.07) is 6.58. The van der Waals surface area contributed by atoms with Crippen LogP contribution in [-0.4, -0.2) is 122 Å². The summed E-state index contributed by atoms with van der Waals surface area (Å²) in [4.78, 5) is 86.6. The van der Waals surface area contributed by atoms with Gasteiger partial charge < -0.3 is 50.4 Å². The molecule has 8 N–H and O–H groups in total. The van der Waals surface area contributed by atoms with Crippen molar-refractivity contribution in [2.45, 2.75) is 74.7 Å². The highest BCUT2D eigenvalue weighted by molar-refractivity contribution is 7.47. The van der Waals surface area contributed by atoms with Crippen LogP contribution in [-0.2, 0) is 52.9 Å². The summed E-state index contributed by atoms with van der Waals surface area (Å²) in [7, 11) is -8.90. The predicted octanol–water partition coefficient (Wildman–Crippen LogP) is 1.01. The van der Waals surface area contributed by atoms with Crippen molar-refractivity contribution < 1.29 is 66.3 Å². The molecule has 0 spiro atoms. The van der Waals surface area contributed by atoms with Gasteiger partial charge in [0, 0.05) is 37.5 Å². The summed E-state index contributed by atoms with van der Waals surface area (Å²) in [5.41, 5.74) is 11.5. The number of amides is 1. The second-order valence-corrected chi connectivity index (χ2v) is 16.9. The average molecular weight is 914 g/mol. The first-order valence-corrected chi connectivity index (χ1v) is 21.7. The largest absolute Gasteiger partial charge is 0.472 e. The molecule has 1 amide bonds. The number of ether oxygens (including phenoxy) is 3. The summed E-state index contributed by atoms with van der Waals surface area (Å²) in [6.07, 6.45) is -5.42. The van der Waals surface area contributed by atoms with E-state index in [-0.39, 0.29) is 42.1 Å². The molecule has 24 nitrogen and oxygen atoms in total. The molecule has 0 aliphatic carbocycles. The standard InChI is InChI=1S/C34H42ClN9O15P2/c1-3-4-8-25(45)42(2)20(12-18-6-5-7-19(35)11-18)33(47)58-29-23(57-32(28(29)46)44-17-40-27-30(37)38-16-39-31(27)44)15-55-61(52,53)59-21-13-26(43-10-9-24(36)41-34(43)48)56-22(21)14-54-60(49,50)51/h3,5-7,9-11,16-17,20-23,26,28-29,32,46H,1,4,8,12-15H2,2H3,(H,52,53)(H2,36,41,48)(H2,37,38,39)(H2,49,50,51)/t20-,21+,22-,23+,26+,28-,29-,32-/m1/s1. The Hall–Kier alpha value is -4.68. The lowest BCUT2D eigenvalue weighted by Gasteiger charge is -2.30. The van der Waals surface area contributed by atoms with Gasteiger partial charge in [0.25, 0.3) is 0 Å². The van der Waals surface area contributed by atoms with E-state index in [0.29, 0.717) is 17.0 Å². The zero-order valence-electron chi connectivity index (χ0n) is 32.1. The lowest BCUT2D eigenvalue weighted by atomic mass is 10.0. The number of nitrogens with two attached hydrogens (primary N) is 2. The number of esters is 1. The van der Waals surface area contributed by atoms with E-state index in [1.807, 2.05) is 0 Å². The normalized spacial score (nSPS) is 24.3. The van der Waals surface area contributed by atoms with Crippen LogP contribution in [0.3, 0.4) is 0 Å². The number of aliphatic hydroxyl groups excluding tert-OH is 1. The van der Waals surface area contributed by atoms with Gasteiger partial charge >= 0.3 is 27.3 Å². The van der Waals surface area contributed by atoms with Gasteiger partial charge in [-0.1, -0.05) is 29.8 Å². The van der Waals surface area contributed by atoms with E-state index in [1.54, 1.807) is 30.3 Å². The van der Waals surface area contributed by atoms with Crippen molar-refractivity contribution in [3.05, 3.63) is 82.9 Å². The average Bonchev–Trinajstić information content (AvgIpc) is 3.89. The molecule has 27 heteroatoms. The first-order valence-electron chi connectivity index (χ1n) is 18.3. The van der Waals surface area contributed by atoms with Gasteiger partial charge in [0.15, 0.2) is 23.8 Å². The van der Waals surface area contributed by atoms with Crippen molar-refractivity contribution in [3.8, 4) is 0 Å². The number of likely N-dealkylation sites (N-methyl/N-ethyl adjacent to an activating group) is 1. The number of phosphoric ester groups is 2. The van der Waals surface area contributed by atoms with Crippen LogP contribution in [0.2, 0.25) is 5.02 Å². The molecule has 330 valence electrons. The number of benzene rings is 1. The number of allylic oxidation sites excluding steroid dienone is 1. The fraction of sp³-hybridized carbons (Fsp3) is 0.441. The molecule has 0 saturated carbocycles. The lowest BCUT2D eigenvalue weighted by Crippen LogP contribution is -2.48. The van der Waals surface area contributed by atoms with Gasteiger partial charge in [0.1, 0.15) is 54.3 Å². The van der Waals surface area contributed by atoms with Crippen LogP contribution in [0, 0.1) is 0 Å². The molecule has 5 heterocycles. The molecule has 2 aliphatic heterocycles. The topological polar surface area (TPSA) is 338 Å². The van der Waals surface area contributed by atoms with Crippen molar-refractivity contribution in [2.75, 3.05) is 31.7 Å². The van der Waals surface area contributed by atoms with Gasteiger partial charge in [0.05, 0.1) is 19.5 Å². The Kier molecular flexibility index (Phi) is 14.4. The molecular weight excluding hydrogens is 872 g/mol. The van der Waals surface area contributed by atoms with Crippen LogP contribution in [0.5, 0.6) is 0 Å². The summed E-state index contributed by atoms with van der Waals surface area (Å²) in [5.74, 6) is -1.52. The summed E-state index contributed by atoms with van der Waals surface area (Å²) in [5, 5.41) is 12.1. The number of aliphatic hydroxyl groups is 1. The highest BCUT2D eigenvalue weighted by Gasteiger charge is 2.50. The third-order valence-electron chi connectivity index (χ3n) is 9.66. The monoisotopic (exact) mass is 913 g/mol. The SMILES string of the molecule is C=CCCC(=O)N(C)[C@H](Cc1cccc(Cl)c1)C(=O)O[C@H]1[C@@H](O)[C@H](n2cnc3c(N)ncnc32)O[C@H]1COP(=O)(O)O[C@H]1C[C@@H](n2ccc(N)nc2=O)O[C@@H]1COP(=O)(O)O. The molecular formula is C34H42ClN9O15P2. The Morgan fingerprint density at radius 3 is 2.56 bits per heavy atom. The Balaban J connectivity index is 1.26. The first-order chi connectivity index (χ1) is 28.8. The van der Waals surface area contributed by atoms with Crippen molar-refractivity contribution in [2.24, 2.45) is 0 Å². The molecule has 1 aromatic carbocycles. The Morgan fingerprint density at radius 2 is 1.85 bits per heavy atom. The molecule has 6 rings (SSSR count). The van der Waals surface area contributed by atoms with E-state index in [1.165, 1.54) is 35.1 Å². The summed E-state index contributed by atoms with van der Waals surface area (Å²) >= 11 is 6.21. The van der Waals surface area contributed by atoms with E-state index in [4.69, 9.17) is 46.3 Å². The highest BCUT2D eigenvalue weighted by atomic mass is 35.5. The van der Waals surface area contributed by atoms with Gasteiger partial charge in [-0.2, -0.15) is 4.98 Å². The zero-order valence-corrected chi connectivity index (χ0v) is 34.6. The third kappa shape index (κ3) is 11.2. The highest BCUT2D eigenvalue weighted by Crippen LogP contribution is 2.50. The van der Waals surface area contributed by atoms with Crippen molar-refractivity contribution >= 4 is 61.9 Å². The Morgan fingerprint density at radius 1 is 1.10 bits per heavy atom. The molecule has 1 unspecified atom stereocenters. The van der Waals surface area contributed by atoms with Gasteiger partial charge in [-0.3, -0.25) is 27.5 Å². The number of imidazole rings is 1. The van der Waals surface area contributed by atoms with Crippen molar-refractivity contribution in [1.29, 1.82) is 0 Å². The van der Waals surface area contributed by atoms with E-state index in [9.17, 15) is 43.3 Å². The second kappa shape index (κ2) is 19.2. The number of fused-ring (bicyclic) bond motifs is 1. The number of anilines is 2. The molecule has 0 radical (unpaired) electrons. The second-order valence-electron chi connectivity index (χ2n) is 13.8. The minimum absolute atomic E-state index is 0.00523. The smallest absolute Gasteiger partial charge is 0.455 e. The number of hydrogen-bond donors (Lipinski definition) is 6. The summed E-state index contributed by atoms with van der Waals surface area (Å²) in [6.45, 7) is 1.89. The van der Waals surface area contributed by atoms with E-state index < -0.39 is 95.4 Å². The van der Waals surface area contributed by atoms with E-state index >= 15 is 0 Å². The minimum atomic E-state index is -5.23. The van der Waals surface area contributed by atoms with Crippen LogP contribution in [0.1, 0.15) is 37.3 Å². The van der Waals surface area contributed by atoms with Crippen LogP contribution in [0.25, 0.3) is 11.2 Å². The number of carbonyl (C=O) groups is 2. The fourth-order valence-corrected chi connectivity index (χ4v) is 8.17. The number of phosphoric acid groups is 2. The quantitative estimate of drug-likeness (QED) is 0.0461. The Bertz CT molecular complexity index is 2400.